The number of aliphatic hydroxyl groups excluding tert-OH is 3. The highest BCUT2D eigenvalue weighted by molar-refractivity contribution is 5.91. The molecule has 54 heavy (non-hydrogen) atoms. The molecule has 3 N–H and O–H groups in total. The van der Waals surface area contributed by atoms with Crippen molar-refractivity contribution in [2.24, 2.45) is 0 Å². The number of rotatable bonds is 11. The van der Waals surface area contributed by atoms with Gasteiger partial charge in [0, 0.05) is 0 Å². The Morgan fingerprint density at radius 1 is 0.519 bits per heavy atom. The molecule has 0 spiro atoms. The van der Waals surface area contributed by atoms with E-state index in [-0.39, 0.29) is 22.3 Å². The molecular weight excluding hydrogens is 704 g/mol. The third-order valence-corrected chi connectivity index (χ3v) is 8.85. The van der Waals surface area contributed by atoms with Crippen molar-refractivity contribution < 1.29 is 67.7 Å². The average molecular weight is 743 g/mol. The number of hydrogen-bond acceptors (Lipinski definition) is 14. The number of carbonyl (C=O) groups excluding carboxylic acids is 4. The summed E-state index contributed by atoms with van der Waals surface area (Å²) in [4.78, 5) is 53.9. The zero-order chi connectivity index (χ0) is 38.2. The van der Waals surface area contributed by atoms with E-state index in [4.69, 9.17) is 33.2 Å². The summed E-state index contributed by atoms with van der Waals surface area (Å²) in [5.74, 6) is -3.48. The Balaban J connectivity index is 1.38. The second kappa shape index (κ2) is 17.6. The molecule has 4 aromatic carbocycles. The first-order valence-electron chi connectivity index (χ1n) is 17.1. The molecule has 2 aliphatic rings. The zero-order valence-corrected chi connectivity index (χ0v) is 28.9. The first-order chi connectivity index (χ1) is 26.1. The van der Waals surface area contributed by atoms with Crippen molar-refractivity contribution in [3.63, 3.8) is 0 Å². The Morgan fingerprint density at radius 3 is 1.30 bits per heavy atom. The third kappa shape index (κ3) is 8.82. The van der Waals surface area contributed by atoms with E-state index in [0.29, 0.717) is 0 Å². The van der Waals surface area contributed by atoms with Crippen LogP contribution in [0.5, 0.6) is 0 Å². The Bertz CT molecular complexity index is 1860. The van der Waals surface area contributed by atoms with Gasteiger partial charge < -0.3 is 48.5 Å². The minimum absolute atomic E-state index is 0.0948. The molecule has 0 radical (unpaired) electrons. The highest BCUT2D eigenvalue weighted by atomic mass is 16.7. The van der Waals surface area contributed by atoms with E-state index >= 15 is 0 Å². The molecule has 2 saturated heterocycles. The van der Waals surface area contributed by atoms with Crippen LogP contribution in [0.2, 0.25) is 0 Å². The highest BCUT2D eigenvalue weighted by Crippen LogP contribution is 2.35. The van der Waals surface area contributed by atoms with E-state index in [1.807, 2.05) is 0 Å². The molecule has 2 fully saturated rings. The molecule has 0 amide bonds. The van der Waals surface area contributed by atoms with Crippen LogP contribution in [0.25, 0.3) is 0 Å². The molecule has 14 nitrogen and oxygen atoms in total. The highest BCUT2D eigenvalue weighted by Gasteiger charge is 2.56. The lowest BCUT2D eigenvalue weighted by molar-refractivity contribution is -0.350. The van der Waals surface area contributed by atoms with Crippen LogP contribution in [0.15, 0.2) is 121 Å². The molecule has 4 aromatic rings. The topological polar surface area (TPSA) is 194 Å². The van der Waals surface area contributed by atoms with Crippen LogP contribution in [0, 0.1) is 0 Å². The maximum atomic E-state index is 13.7. The lowest BCUT2D eigenvalue weighted by Gasteiger charge is -2.47. The van der Waals surface area contributed by atoms with Gasteiger partial charge in [-0.3, -0.25) is 0 Å². The summed E-state index contributed by atoms with van der Waals surface area (Å²) in [6.07, 6.45) is -16.1. The summed E-state index contributed by atoms with van der Waals surface area (Å²) in [6, 6.07) is 31.6. The SMILES string of the molecule is C[C@@H]1O[C@@H](O[C@H]2[C@H](O)[C@@H](CO)O[C@H](O)[C@@H]2OC(=O)c2ccccc2)[C@H](OC(=O)c2ccccc2)[C@H](OC(=O)c2ccccc2)[C@H]1OC(=O)c1ccccc1. The number of benzene rings is 4. The molecule has 282 valence electrons. The van der Waals surface area contributed by atoms with E-state index in [0.717, 1.165) is 0 Å². The zero-order valence-electron chi connectivity index (χ0n) is 28.9. The van der Waals surface area contributed by atoms with Gasteiger partial charge in [-0.05, 0) is 55.5 Å². The second-order valence-corrected chi connectivity index (χ2v) is 12.5. The van der Waals surface area contributed by atoms with Crippen molar-refractivity contribution in [1.29, 1.82) is 0 Å². The lowest BCUT2D eigenvalue weighted by Crippen LogP contribution is -2.66. The maximum Gasteiger partial charge on any atom is 0.338 e. The summed E-state index contributed by atoms with van der Waals surface area (Å²) in [6.45, 7) is 0.719. The molecule has 0 aromatic heterocycles. The average Bonchev–Trinajstić information content (AvgIpc) is 3.21. The van der Waals surface area contributed by atoms with Crippen molar-refractivity contribution in [2.45, 2.75) is 68.3 Å². The van der Waals surface area contributed by atoms with Crippen LogP contribution in [0.4, 0.5) is 0 Å². The van der Waals surface area contributed by atoms with Crippen molar-refractivity contribution in [2.75, 3.05) is 6.61 Å². The first-order valence-corrected chi connectivity index (χ1v) is 17.1. The van der Waals surface area contributed by atoms with Gasteiger partial charge in [0.15, 0.2) is 37.0 Å². The van der Waals surface area contributed by atoms with Crippen LogP contribution in [-0.2, 0) is 33.2 Å². The van der Waals surface area contributed by atoms with Crippen molar-refractivity contribution in [1.82, 2.24) is 0 Å². The van der Waals surface area contributed by atoms with Gasteiger partial charge >= 0.3 is 23.9 Å². The van der Waals surface area contributed by atoms with Gasteiger partial charge in [-0.2, -0.15) is 0 Å². The fourth-order valence-corrected chi connectivity index (χ4v) is 6.06. The van der Waals surface area contributed by atoms with E-state index in [1.54, 1.807) is 72.8 Å². The number of carbonyl (C=O) groups is 4. The molecule has 0 aliphatic carbocycles. The van der Waals surface area contributed by atoms with Crippen molar-refractivity contribution in [3.05, 3.63) is 144 Å². The van der Waals surface area contributed by atoms with Crippen LogP contribution in [0.1, 0.15) is 48.4 Å². The first kappa shape index (κ1) is 38.3. The molecule has 2 heterocycles. The van der Waals surface area contributed by atoms with E-state index in [1.165, 1.54) is 55.5 Å². The van der Waals surface area contributed by atoms with Crippen LogP contribution in [-0.4, -0.2) is 107 Å². The number of hydrogen-bond donors (Lipinski definition) is 3. The van der Waals surface area contributed by atoms with Gasteiger partial charge in [-0.1, -0.05) is 72.8 Å². The smallest absolute Gasteiger partial charge is 0.338 e. The third-order valence-electron chi connectivity index (χ3n) is 8.85. The summed E-state index contributed by atoms with van der Waals surface area (Å²) in [5, 5.41) is 32.3. The van der Waals surface area contributed by atoms with Crippen LogP contribution in [0.3, 0.4) is 0 Å². The molecule has 0 unspecified atom stereocenters. The maximum absolute atomic E-state index is 13.7. The normalized spacial score (nSPS) is 27.9. The van der Waals surface area contributed by atoms with E-state index in [9.17, 15) is 34.5 Å². The van der Waals surface area contributed by atoms with Gasteiger partial charge in [0.25, 0.3) is 0 Å². The monoisotopic (exact) mass is 742 g/mol. The Hall–Kier alpha value is -5.48. The predicted octanol–water partition coefficient (Wildman–Crippen LogP) is 3.09. The predicted molar refractivity (Wildman–Crippen MR) is 186 cm³/mol. The Morgan fingerprint density at radius 2 is 0.889 bits per heavy atom. The largest absolute Gasteiger partial charge is 0.452 e. The summed E-state index contributed by atoms with van der Waals surface area (Å²) in [7, 11) is 0. The summed E-state index contributed by atoms with van der Waals surface area (Å²) >= 11 is 0. The van der Waals surface area contributed by atoms with E-state index in [2.05, 4.69) is 0 Å². The van der Waals surface area contributed by atoms with Gasteiger partial charge in [0.2, 0.25) is 0 Å². The second-order valence-electron chi connectivity index (χ2n) is 12.5. The standard InChI is InChI=1S/C40H38O14/c1-23-30(50-35(43)24-14-6-2-7-15-24)32(51-36(44)25-16-8-3-9-17-25)34(53-38(46)27-20-12-5-13-21-27)40(48-23)54-31-29(42)28(22-41)49-39(47)33(31)52-37(45)26-18-10-4-11-19-26/h2-21,23,28-34,39-42,47H,22H2,1H3/t23-,28+,29+,30-,31-,32+,33+,34+,39-,40-/m0/s1. The van der Waals surface area contributed by atoms with Gasteiger partial charge in [-0.25, -0.2) is 19.2 Å². The summed E-state index contributed by atoms with van der Waals surface area (Å²) < 4.78 is 41.2. The fourth-order valence-electron chi connectivity index (χ4n) is 6.06. The lowest BCUT2D eigenvalue weighted by atomic mass is 9.96. The van der Waals surface area contributed by atoms with Crippen LogP contribution < -0.4 is 0 Å². The number of aliphatic hydroxyl groups is 3. The van der Waals surface area contributed by atoms with Crippen molar-refractivity contribution in [3.8, 4) is 0 Å². The molecule has 2 aliphatic heterocycles. The molecule has 6 rings (SSSR count). The summed E-state index contributed by atoms with van der Waals surface area (Å²) in [5.41, 5.74) is 0.497. The van der Waals surface area contributed by atoms with Crippen LogP contribution >= 0.6 is 0 Å². The van der Waals surface area contributed by atoms with E-state index < -0.39 is 91.9 Å². The molecule has 14 heteroatoms. The molecule has 10 atom stereocenters. The number of esters is 4. The van der Waals surface area contributed by atoms with Gasteiger partial charge in [0.1, 0.15) is 18.3 Å². The Kier molecular flexibility index (Phi) is 12.4. The van der Waals surface area contributed by atoms with Gasteiger partial charge in [0.05, 0.1) is 35.0 Å². The minimum Gasteiger partial charge on any atom is -0.452 e. The molecule has 0 saturated carbocycles. The fraction of sp³-hybridized carbons (Fsp3) is 0.300. The minimum atomic E-state index is -1.92. The molecule has 0 bridgehead atoms. The Labute approximate surface area is 309 Å². The van der Waals surface area contributed by atoms with Crippen molar-refractivity contribution >= 4 is 23.9 Å². The van der Waals surface area contributed by atoms with Gasteiger partial charge in [-0.15, -0.1) is 0 Å². The number of ether oxygens (including phenoxy) is 7. The molecular formula is C40H38O14. The quantitative estimate of drug-likeness (QED) is 0.150.